The summed E-state index contributed by atoms with van der Waals surface area (Å²) in [5, 5.41) is 10.6. The highest BCUT2D eigenvalue weighted by Gasteiger charge is 2.22. The number of hydrogen-bond acceptors (Lipinski definition) is 3. The number of piperazine rings is 1. The number of rotatable bonds is 3. The van der Waals surface area contributed by atoms with Crippen molar-refractivity contribution in [1.29, 1.82) is 0 Å². The molecule has 0 aromatic heterocycles. The molecule has 23 heavy (non-hydrogen) atoms. The van der Waals surface area contributed by atoms with Gasteiger partial charge in [-0.15, -0.1) is 0 Å². The van der Waals surface area contributed by atoms with Gasteiger partial charge in [0, 0.05) is 31.2 Å². The molecule has 0 atom stereocenters. The predicted octanol–water partition coefficient (Wildman–Crippen LogP) is 2.94. The third kappa shape index (κ3) is 3.77. The lowest BCUT2D eigenvalue weighted by molar-refractivity contribution is -0.130. The van der Waals surface area contributed by atoms with Gasteiger partial charge in [-0.25, -0.2) is 0 Å². The Morgan fingerprint density at radius 1 is 1.00 bits per heavy atom. The van der Waals surface area contributed by atoms with E-state index in [0.29, 0.717) is 24.5 Å². The molecule has 1 amide bonds. The highest BCUT2D eigenvalue weighted by atomic mass is 35.5. The third-order valence-electron chi connectivity index (χ3n) is 4.12. The molecule has 0 spiro atoms. The van der Waals surface area contributed by atoms with E-state index in [1.807, 2.05) is 35.2 Å². The summed E-state index contributed by atoms with van der Waals surface area (Å²) in [5.41, 5.74) is 1.81. The van der Waals surface area contributed by atoms with E-state index in [2.05, 4.69) is 4.90 Å². The molecule has 4 nitrogen and oxygen atoms in total. The molecule has 1 fully saturated rings. The molecule has 1 aliphatic heterocycles. The molecule has 1 saturated heterocycles. The number of aromatic hydroxyl groups is 1. The van der Waals surface area contributed by atoms with Crippen LogP contribution in [0.1, 0.15) is 5.56 Å². The highest BCUT2D eigenvalue weighted by Crippen LogP contribution is 2.27. The van der Waals surface area contributed by atoms with Gasteiger partial charge in [-0.2, -0.15) is 0 Å². The normalized spacial score (nSPS) is 14.8. The molecule has 0 unspecified atom stereocenters. The zero-order valence-electron chi connectivity index (χ0n) is 12.8. The molecular formula is C18H19ClN2O2. The standard InChI is InChI=1S/C18H19ClN2O2/c19-15-7-5-14(6-8-15)13-18(23)21-11-9-20(10-12-21)16-3-1-2-4-17(16)22/h1-8,22H,9-13H2. The van der Waals surface area contributed by atoms with Crippen LogP contribution in [-0.4, -0.2) is 42.1 Å². The summed E-state index contributed by atoms with van der Waals surface area (Å²) in [6, 6.07) is 14.7. The quantitative estimate of drug-likeness (QED) is 0.941. The lowest BCUT2D eigenvalue weighted by Gasteiger charge is -2.36. The van der Waals surface area contributed by atoms with Crippen LogP contribution in [0.4, 0.5) is 5.69 Å². The number of anilines is 1. The van der Waals surface area contributed by atoms with Crippen LogP contribution < -0.4 is 4.90 Å². The lowest BCUT2D eigenvalue weighted by Crippen LogP contribution is -2.49. The van der Waals surface area contributed by atoms with Crippen LogP contribution in [-0.2, 0) is 11.2 Å². The second-order valence-electron chi connectivity index (χ2n) is 5.66. The van der Waals surface area contributed by atoms with Crippen molar-refractivity contribution < 1.29 is 9.90 Å². The predicted molar refractivity (Wildman–Crippen MR) is 92.1 cm³/mol. The van der Waals surface area contributed by atoms with Crippen molar-refractivity contribution in [2.45, 2.75) is 6.42 Å². The molecule has 0 aliphatic carbocycles. The minimum absolute atomic E-state index is 0.129. The van der Waals surface area contributed by atoms with E-state index in [-0.39, 0.29) is 11.7 Å². The Morgan fingerprint density at radius 3 is 2.30 bits per heavy atom. The summed E-state index contributed by atoms with van der Waals surface area (Å²) in [5.74, 6) is 0.415. The third-order valence-corrected chi connectivity index (χ3v) is 4.38. The number of carbonyl (C=O) groups is 1. The molecule has 2 aromatic carbocycles. The minimum atomic E-state index is 0.129. The topological polar surface area (TPSA) is 43.8 Å². The first-order valence-corrected chi connectivity index (χ1v) is 8.06. The van der Waals surface area contributed by atoms with E-state index in [9.17, 15) is 9.90 Å². The molecule has 3 rings (SSSR count). The smallest absolute Gasteiger partial charge is 0.227 e. The zero-order chi connectivity index (χ0) is 16.2. The second-order valence-corrected chi connectivity index (χ2v) is 6.10. The number of para-hydroxylation sites is 2. The van der Waals surface area contributed by atoms with Gasteiger partial charge in [-0.1, -0.05) is 35.9 Å². The van der Waals surface area contributed by atoms with E-state index in [1.165, 1.54) is 0 Å². The zero-order valence-corrected chi connectivity index (χ0v) is 13.5. The highest BCUT2D eigenvalue weighted by molar-refractivity contribution is 6.30. The SMILES string of the molecule is O=C(Cc1ccc(Cl)cc1)N1CCN(c2ccccc2O)CC1. The maximum absolute atomic E-state index is 12.4. The van der Waals surface area contributed by atoms with Gasteiger partial charge in [-0.3, -0.25) is 4.79 Å². The average molecular weight is 331 g/mol. The Bertz CT molecular complexity index is 680. The number of phenols is 1. The molecular weight excluding hydrogens is 312 g/mol. The van der Waals surface area contributed by atoms with Crippen molar-refractivity contribution in [2.75, 3.05) is 31.1 Å². The van der Waals surface area contributed by atoms with E-state index in [4.69, 9.17) is 11.6 Å². The minimum Gasteiger partial charge on any atom is -0.506 e. The number of halogens is 1. The van der Waals surface area contributed by atoms with Crippen LogP contribution in [0.15, 0.2) is 48.5 Å². The molecule has 5 heteroatoms. The van der Waals surface area contributed by atoms with Gasteiger partial charge >= 0.3 is 0 Å². The van der Waals surface area contributed by atoms with Crippen LogP contribution in [0, 0.1) is 0 Å². The van der Waals surface area contributed by atoms with Crippen LogP contribution >= 0.6 is 11.6 Å². The summed E-state index contributed by atoms with van der Waals surface area (Å²) >= 11 is 5.86. The van der Waals surface area contributed by atoms with Gasteiger partial charge in [0.2, 0.25) is 5.91 Å². The summed E-state index contributed by atoms with van der Waals surface area (Å²) in [6.07, 6.45) is 0.397. The van der Waals surface area contributed by atoms with E-state index < -0.39 is 0 Å². The van der Waals surface area contributed by atoms with E-state index in [0.717, 1.165) is 24.3 Å². The number of hydrogen-bond donors (Lipinski definition) is 1. The van der Waals surface area contributed by atoms with Crippen LogP contribution in [0.5, 0.6) is 5.75 Å². The van der Waals surface area contributed by atoms with Crippen molar-refractivity contribution in [3.05, 3.63) is 59.1 Å². The Kier molecular flexibility index (Phi) is 4.72. The van der Waals surface area contributed by atoms with Crippen molar-refractivity contribution in [2.24, 2.45) is 0 Å². The first-order valence-electron chi connectivity index (χ1n) is 7.68. The summed E-state index contributed by atoms with van der Waals surface area (Å²) < 4.78 is 0. The summed E-state index contributed by atoms with van der Waals surface area (Å²) in [6.45, 7) is 2.79. The number of nitrogens with zero attached hydrogens (tertiary/aromatic N) is 2. The van der Waals surface area contributed by atoms with Gasteiger partial charge in [-0.05, 0) is 29.8 Å². The molecule has 120 valence electrons. The Hall–Kier alpha value is -2.20. The van der Waals surface area contributed by atoms with Crippen molar-refractivity contribution >= 4 is 23.2 Å². The monoisotopic (exact) mass is 330 g/mol. The molecule has 1 aliphatic rings. The molecule has 1 N–H and O–H groups in total. The molecule has 0 radical (unpaired) electrons. The van der Waals surface area contributed by atoms with Gasteiger partial charge in [0.1, 0.15) is 5.75 Å². The van der Waals surface area contributed by atoms with Gasteiger partial charge < -0.3 is 14.9 Å². The Balaban J connectivity index is 1.57. The molecule has 2 aromatic rings. The maximum Gasteiger partial charge on any atom is 0.227 e. The summed E-state index contributed by atoms with van der Waals surface area (Å²) in [4.78, 5) is 16.4. The average Bonchev–Trinajstić information content (AvgIpc) is 2.57. The largest absolute Gasteiger partial charge is 0.506 e. The molecule has 0 saturated carbocycles. The fourth-order valence-electron chi connectivity index (χ4n) is 2.82. The number of amides is 1. The maximum atomic E-state index is 12.4. The first kappa shape index (κ1) is 15.7. The van der Waals surface area contributed by atoms with Crippen molar-refractivity contribution in [1.82, 2.24) is 4.90 Å². The second kappa shape index (κ2) is 6.92. The Morgan fingerprint density at radius 2 is 1.65 bits per heavy atom. The Labute approximate surface area is 140 Å². The molecule has 1 heterocycles. The first-order chi connectivity index (χ1) is 11.1. The van der Waals surface area contributed by atoms with Crippen LogP contribution in [0.3, 0.4) is 0 Å². The number of phenolic OH excluding ortho intramolecular Hbond substituents is 1. The van der Waals surface area contributed by atoms with Gasteiger partial charge in [0.25, 0.3) is 0 Å². The van der Waals surface area contributed by atoms with E-state index >= 15 is 0 Å². The van der Waals surface area contributed by atoms with Crippen molar-refractivity contribution in [3.8, 4) is 5.75 Å². The molecule has 0 bridgehead atoms. The van der Waals surface area contributed by atoms with Crippen LogP contribution in [0.25, 0.3) is 0 Å². The number of carbonyl (C=O) groups excluding carboxylic acids is 1. The van der Waals surface area contributed by atoms with E-state index in [1.54, 1.807) is 18.2 Å². The fraction of sp³-hybridized carbons (Fsp3) is 0.278. The van der Waals surface area contributed by atoms with Crippen molar-refractivity contribution in [3.63, 3.8) is 0 Å². The number of benzene rings is 2. The summed E-state index contributed by atoms with van der Waals surface area (Å²) in [7, 11) is 0. The van der Waals surface area contributed by atoms with Crippen LogP contribution in [0.2, 0.25) is 5.02 Å². The lowest BCUT2D eigenvalue weighted by atomic mass is 10.1. The fourth-order valence-corrected chi connectivity index (χ4v) is 2.94. The van der Waals surface area contributed by atoms with Gasteiger partial charge in [0.05, 0.1) is 12.1 Å². The van der Waals surface area contributed by atoms with Gasteiger partial charge in [0.15, 0.2) is 0 Å².